The van der Waals surface area contributed by atoms with Crippen LogP contribution in [0.3, 0.4) is 0 Å². The van der Waals surface area contributed by atoms with Crippen LogP contribution in [0.1, 0.15) is 100 Å². The van der Waals surface area contributed by atoms with Gasteiger partial charge in [0.1, 0.15) is 23.7 Å². The Hall–Kier alpha value is -6.12. The fraction of sp³-hybridized carbons (Fsp3) is 0.509. The highest BCUT2D eigenvalue weighted by molar-refractivity contribution is 7.13. The molecule has 2 aromatic carbocycles. The summed E-state index contributed by atoms with van der Waals surface area (Å²) in [6, 6.07) is 16.1. The molecule has 2 unspecified atom stereocenters. The number of aromatic hydroxyl groups is 1. The number of anilines is 2. The largest absolute Gasteiger partial charge is 0.507 e. The van der Waals surface area contributed by atoms with Crippen LogP contribution in [0.4, 0.5) is 11.5 Å². The number of benzene rings is 2. The Kier molecular flexibility index (Phi) is 15.8. The molecule has 6 heterocycles. The van der Waals surface area contributed by atoms with Gasteiger partial charge in [0.15, 0.2) is 5.82 Å². The molecule has 2 bridgehead atoms. The number of carbonyl (C=O) groups is 3. The third-order valence-corrected chi connectivity index (χ3v) is 15.8. The second-order valence-electron chi connectivity index (χ2n) is 21.1. The maximum absolute atomic E-state index is 14.1. The van der Waals surface area contributed by atoms with Crippen molar-refractivity contribution in [2.45, 2.75) is 127 Å². The molecule has 3 amide bonds. The number of β-amino-alcohol motifs (C(OH)–C–C–N with tert-alkyl or cyclic N) is 1. The molecule has 3 saturated heterocycles. The summed E-state index contributed by atoms with van der Waals surface area (Å²) in [6.45, 7) is 10.8. The molecule has 3 aromatic heterocycles. The lowest BCUT2D eigenvalue weighted by atomic mass is 9.82. The van der Waals surface area contributed by atoms with Crippen molar-refractivity contribution >= 4 is 40.6 Å². The van der Waals surface area contributed by atoms with Gasteiger partial charge in [-0.2, -0.15) is 0 Å². The number of piperidine rings is 1. The maximum Gasteiger partial charge on any atom is 0.246 e. The third kappa shape index (κ3) is 12.0. The minimum absolute atomic E-state index is 0.0177. The van der Waals surface area contributed by atoms with Crippen molar-refractivity contribution in [3.05, 3.63) is 95.1 Å². The van der Waals surface area contributed by atoms with E-state index in [9.17, 15) is 24.6 Å². The molecule has 1 aliphatic carbocycles. The number of hydrogen-bond donors (Lipinski definition) is 8. The van der Waals surface area contributed by atoms with E-state index in [4.69, 9.17) is 15.7 Å². The number of nitrogen functional groups attached to an aromatic ring is 1. The van der Waals surface area contributed by atoms with Gasteiger partial charge in [-0.1, -0.05) is 57.2 Å². The number of nitrogens with two attached hydrogens (primary N) is 1. The predicted molar refractivity (Wildman–Crippen MR) is 278 cm³/mol. The van der Waals surface area contributed by atoms with Crippen LogP contribution in [0.5, 0.6) is 5.75 Å². The molecule has 0 spiro atoms. The van der Waals surface area contributed by atoms with Gasteiger partial charge < -0.3 is 52.3 Å². The number of fused-ring (bicyclic) bond motifs is 2. The van der Waals surface area contributed by atoms with E-state index < -0.39 is 23.6 Å². The topological polar surface area (TPSA) is 249 Å². The van der Waals surface area contributed by atoms with E-state index in [-0.39, 0.29) is 67.5 Å². The molecule has 382 valence electrons. The first kappa shape index (κ1) is 50.8. The Labute approximate surface area is 425 Å². The fourth-order valence-electron chi connectivity index (χ4n) is 10.9. The Bertz CT molecular complexity index is 2660. The molecule has 1 saturated carbocycles. The number of amides is 3. The standard InChI is InChI=1S/C53H69N13O5S/c1-31-47(72-30-60-31)34-11-9-32(10-12-34)23-59-51(70)44-21-40(67)29-66(44)52(71)48(53(2,3)4)62-46(69)26-55-17-18-56-37-15-13-33(14-16-37)36-24-57-50(58-25-36)35-19-38-27-65(28-39(20-35)61-38)43-22-42(63-64-49(43)54)41-7-5-6-8-45(41)68/h5-12,22,24-25,30,33,35,37-40,44,48,55-56,61,67-68H,13-21,23,26-29H2,1-4H3,(H2,54,64)(H,59,70)(H,62,69)/t33?,35?,37?,38?,39?,40-,44+,48-/m1/s1. The Balaban J connectivity index is 0.681. The molecule has 72 heavy (non-hydrogen) atoms. The first-order chi connectivity index (χ1) is 34.7. The highest BCUT2D eigenvalue weighted by Crippen LogP contribution is 2.38. The summed E-state index contributed by atoms with van der Waals surface area (Å²) >= 11 is 1.58. The van der Waals surface area contributed by atoms with Gasteiger partial charge in [-0.15, -0.1) is 21.5 Å². The third-order valence-electron chi connectivity index (χ3n) is 14.8. The first-order valence-corrected chi connectivity index (χ1v) is 26.3. The van der Waals surface area contributed by atoms with Crippen molar-refractivity contribution in [2.24, 2.45) is 5.41 Å². The summed E-state index contributed by atoms with van der Waals surface area (Å²) in [5.41, 5.74) is 13.7. The van der Waals surface area contributed by atoms with Crippen molar-refractivity contribution in [1.82, 2.24) is 56.6 Å². The Morgan fingerprint density at radius 3 is 2.31 bits per heavy atom. The Morgan fingerprint density at radius 1 is 0.903 bits per heavy atom. The minimum atomic E-state index is -0.897. The number of piperazine rings is 1. The summed E-state index contributed by atoms with van der Waals surface area (Å²) in [6.07, 6.45) is 9.36. The number of phenolic OH excluding ortho intramolecular Hbond substituents is 1. The Morgan fingerprint density at radius 2 is 1.62 bits per heavy atom. The lowest BCUT2D eigenvalue weighted by Gasteiger charge is -2.46. The normalized spacial score (nSPS) is 23.7. The maximum atomic E-state index is 14.1. The van der Waals surface area contributed by atoms with Crippen molar-refractivity contribution in [1.29, 1.82) is 0 Å². The summed E-state index contributed by atoms with van der Waals surface area (Å²) in [7, 11) is 0. The minimum Gasteiger partial charge on any atom is -0.507 e. The summed E-state index contributed by atoms with van der Waals surface area (Å²) in [5.74, 6) is 1.08. The van der Waals surface area contributed by atoms with Crippen molar-refractivity contribution < 1.29 is 24.6 Å². The average Bonchev–Trinajstić information content (AvgIpc) is 3.99. The number of likely N-dealkylation sites (tertiary alicyclic amines) is 1. The fourth-order valence-corrected chi connectivity index (χ4v) is 11.8. The van der Waals surface area contributed by atoms with Gasteiger partial charge in [0.2, 0.25) is 17.7 Å². The molecule has 19 heteroatoms. The number of nitrogens with zero attached hydrogens (tertiary/aromatic N) is 7. The lowest BCUT2D eigenvalue weighted by Crippen LogP contribution is -2.60. The zero-order valence-electron chi connectivity index (χ0n) is 41.7. The van der Waals surface area contributed by atoms with Crippen LogP contribution >= 0.6 is 11.3 Å². The van der Waals surface area contributed by atoms with Gasteiger partial charge >= 0.3 is 0 Å². The highest BCUT2D eigenvalue weighted by Gasteiger charge is 2.44. The number of hydrogen-bond acceptors (Lipinski definition) is 16. The monoisotopic (exact) mass is 1000 g/mol. The number of aliphatic hydroxyl groups is 1. The van der Waals surface area contributed by atoms with E-state index in [1.807, 2.05) is 88.1 Å². The van der Waals surface area contributed by atoms with Crippen LogP contribution < -0.4 is 37.2 Å². The number of nitrogens with one attached hydrogen (secondary N) is 5. The molecule has 3 aliphatic heterocycles. The molecule has 5 aromatic rings. The number of para-hydroxylation sites is 1. The molecule has 0 radical (unpaired) electrons. The summed E-state index contributed by atoms with van der Waals surface area (Å²) < 4.78 is 0. The van der Waals surface area contributed by atoms with Gasteiger partial charge in [-0.05, 0) is 91.7 Å². The van der Waals surface area contributed by atoms with Crippen LogP contribution in [-0.4, -0.2) is 134 Å². The van der Waals surface area contributed by atoms with Gasteiger partial charge in [0.05, 0.1) is 40.1 Å². The quantitative estimate of drug-likeness (QED) is 0.0639. The van der Waals surface area contributed by atoms with E-state index in [0.717, 1.165) is 84.8 Å². The van der Waals surface area contributed by atoms with Gasteiger partial charge in [0, 0.05) is 87.7 Å². The summed E-state index contributed by atoms with van der Waals surface area (Å²) in [5, 5.41) is 46.1. The zero-order valence-corrected chi connectivity index (χ0v) is 42.5. The SMILES string of the molecule is Cc1ncsc1-c1ccc(CNC(=O)[C@@H]2C[C@@H](O)CN2C(=O)[C@@H](NC(=O)CNCCNC2CCC(c3cnc(C4CC5CN(c6cc(-c7ccccc7O)nnc6N)CC(C4)N5)nc3)CC2)C(C)(C)C)cc1. The van der Waals surface area contributed by atoms with Gasteiger partial charge in [0.25, 0.3) is 0 Å². The van der Waals surface area contributed by atoms with Crippen LogP contribution in [0, 0.1) is 12.3 Å². The zero-order chi connectivity index (χ0) is 50.5. The van der Waals surface area contributed by atoms with Gasteiger partial charge in [-0.25, -0.2) is 15.0 Å². The van der Waals surface area contributed by atoms with Crippen LogP contribution in [0.15, 0.2) is 72.5 Å². The van der Waals surface area contributed by atoms with Crippen LogP contribution in [0.2, 0.25) is 0 Å². The molecule has 4 fully saturated rings. The van der Waals surface area contributed by atoms with E-state index in [0.29, 0.717) is 42.1 Å². The van der Waals surface area contributed by atoms with E-state index in [1.165, 1.54) is 10.5 Å². The number of thiazole rings is 1. The highest BCUT2D eigenvalue weighted by atomic mass is 32.1. The molecule has 4 aliphatic rings. The van der Waals surface area contributed by atoms with Crippen LogP contribution in [0.25, 0.3) is 21.7 Å². The lowest BCUT2D eigenvalue weighted by molar-refractivity contribution is -0.144. The first-order valence-electron chi connectivity index (χ1n) is 25.4. The van der Waals surface area contributed by atoms with E-state index in [2.05, 4.69) is 46.7 Å². The second-order valence-corrected chi connectivity index (χ2v) is 22.0. The molecular formula is C53H69N13O5S. The number of carbonyl (C=O) groups excluding carboxylic acids is 3. The van der Waals surface area contributed by atoms with E-state index >= 15 is 0 Å². The van der Waals surface area contributed by atoms with Crippen LogP contribution in [-0.2, 0) is 20.9 Å². The number of phenols is 1. The molecule has 9 N–H and O–H groups in total. The summed E-state index contributed by atoms with van der Waals surface area (Å²) in [4.78, 5) is 59.9. The number of aliphatic hydroxyl groups excluding tert-OH is 1. The van der Waals surface area contributed by atoms with Crippen molar-refractivity contribution in [3.63, 3.8) is 0 Å². The van der Waals surface area contributed by atoms with Crippen molar-refractivity contribution in [3.8, 4) is 27.4 Å². The van der Waals surface area contributed by atoms with Crippen molar-refractivity contribution in [2.75, 3.05) is 49.9 Å². The molecule has 9 rings (SSSR count). The average molecular weight is 1000 g/mol. The smallest absolute Gasteiger partial charge is 0.246 e. The van der Waals surface area contributed by atoms with E-state index in [1.54, 1.807) is 23.5 Å². The number of aryl methyl sites for hydroxylation is 1. The molecule has 5 atom stereocenters. The van der Waals surface area contributed by atoms with Gasteiger partial charge in [-0.3, -0.25) is 14.4 Å². The molecule has 18 nitrogen and oxygen atoms in total. The number of aromatic nitrogens is 5. The molecular weight excluding hydrogens is 931 g/mol. The number of rotatable bonds is 16. The predicted octanol–water partition coefficient (Wildman–Crippen LogP) is 4.39. The second kappa shape index (κ2) is 22.3.